The Morgan fingerprint density at radius 3 is 2.26 bits per heavy atom. The predicted octanol–water partition coefficient (Wildman–Crippen LogP) is 4.22. The molecular weight excluding hydrogens is 469 g/mol. The molecular formula is C24H21F3N2O4S. The molecule has 6 nitrogen and oxygen atoms in total. The van der Waals surface area contributed by atoms with Crippen LogP contribution in [0.5, 0.6) is 5.75 Å². The molecule has 1 saturated heterocycles. The third-order valence-electron chi connectivity index (χ3n) is 6.34. The van der Waals surface area contributed by atoms with E-state index >= 15 is 0 Å². The van der Waals surface area contributed by atoms with Crippen LogP contribution in [0.25, 0.3) is 11.1 Å². The van der Waals surface area contributed by atoms with E-state index in [0.717, 1.165) is 6.42 Å². The van der Waals surface area contributed by atoms with Gasteiger partial charge in [-0.05, 0) is 48.2 Å². The van der Waals surface area contributed by atoms with Crippen LogP contribution in [0.3, 0.4) is 0 Å². The summed E-state index contributed by atoms with van der Waals surface area (Å²) >= 11 is 0. The topological polar surface area (TPSA) is 68.6 Å². The number of sulfonamides is 1. The summed E-state index contributed by atoms with van der Waals surface area (Å²) in [7, 11) is -3.69. The van der Waals surface area contributed by atoms with Crippen molar-refractivity contribution in [3.8, 4) is 16.9 Å². The average Bonchev–Trinajstić information content (AvgIpc) is 2.80. The molecule has 0 spiro atoms. The lowest BCUT2D eigenvalue weighted by Crippen LogP contribution is -2.49. The van der Waals surface area contributed by atoms with Gasteiger partial charge in [0.15, 0.2) is 0 Å². The summed E-state index contributed by atoms with van der Waals surface area (Å²) in [5, 5.41) is 0. The summed E-state index contributed by atoms with van der Waals surface area (Å²) in [6, 6.07) is 16.8. The molecule has 2 unspecified atom stereocenters. The zero-order chi connectivity index (χ0) is 24.1. The van der Waals surface area contributed by atoms with Gasteiger partial charge >= 0.3 is 6.36 Å². The number of pyridine rings is 1. The van der Waals surface area contributed by atoms with Crippen molar-refractivity contribution >= 4 is 10.0 Å². The van der Waals surface area contributed by atoms with E-state index in [9.17, 15) is 26.4 Å². The number of hydrogen-bond donors (Lipinski definition) is 0. The summed E-state index contributed by atoms with van der Waals surface area (Å²) in [5.41, 5.74) is 1.85. The van der Waals surface area contributed by atoms with Gasteiger partial charge in [0.1, 0.15) is 5.75 Å². The summed E-state index contributed by atoms with van der Waals surface area (Å²) in [6.07, 6.45) is -4.06. The van der Waals surface area contributed by atoms with Crippen molar-refractivity contribution in [2.75, 3.05) is 13.1 Å². The second kappa shape index (κ2) is 8.28. The summed E-state index contributed by atoms with van der Waals surface area (Å²) in [6.45, 7) is 0.932. The van der Waals surface area contributed by atoms with Crippen molar-refractivity contribution in [1.29, 1.82) is 0 Å². The second-order valence-electron chi connectivity index (χ2n) is 8.59. The maximum Gasteiger partial charge on any atom is 0.573 e. The molecule has 10 heteroatoms. The number of nitrogens with zero attached hydrogens (tertiary/aromatic N) is 2. The highest BCUT2D eigenvalue weighted by atomic mass is 32.2. The summed E-state index contributed by atoms with van der Waals surface area (Å²) in [5.74, 6) is -0.572. The van der Waals surface area contributed by atoms with E-state index < -0.39 is 16.4 Å². The Morgan fingerprint density at radius 1 is 0.882 bits per heavy atom. The summed E-state index contributed by atoms with van der Waals surface area (Å²) < 4.78 is 71.2. The van der Waals surface area contributed by atoms with Crippen LogP contribution < -0.4 is 10.3 Å². The molecule has 0 aliphatic carbocycles. The monoisotopic (exact) mass is 490 g/mol. The molecule has 2 aromatic carbocycles. The fraction of sp³-hybridized carbons (Fsp3) is 0.292. The number of halogens is 3. The van der Waals surface area contributed by atoms with Gasteiger partial charge in [-0.2, -0.15) is 4.31 Å². The van der Waals surface area contributed by atoms with Gasteiger partial charge < -0.3 is 9.30 Å². The van der Waals surface area contributed by atoms with Crippen molar-refractivity contribution in [1.82, 2.24) is 8.87 Å². The van der Waals surface area contributed by atoms with Gasteiger partial charge in [0, 0.05) is 42.9 Å². The van der Waals surface area contributed by atoms with Crippen molar-refractivity contribution in [3.63, 3.8) is 0 Å². The first kappa shape index (κ1) is 22.7. The van der Waals surface area contributed by atoms with E-state index in [1.54, 1.807) is 41.0 Å². The van der Waals surface area contributed by atoms with Crippen molar-refractivity contribution in [3.05, 3.63) is 82.8 Å². The van der Waals surface area contributed by atoms with Gasteiger partial charge in [0.2, 0.25) is 10.0 Å². The Morgan fingerprint density at radius 2 is 1.59 bits per heavy atom. The normalized spacial score (nSPS) is 20.6. The Balaban J connectivity index is 1.51. The smallest absolute Gasteiger partial charge is 0.406 e. The van der Waals surface area contributed by atoms with Crippen LogP contribution in [0.4, 0.5) is 13.2 Å². The number of rotatable bonds is 4. The number of aromatic nitrogens is 1. The minimum absolute atomic E-state index is 0.0137. The lowest BCUT2D eigenvalue weighted by atomic mass is 9.81. The Labute approximate surface area is 194 Å². The van der Waals surface area contributed by atoms with Crippen molar-refractivity contribution < 1.29 is 26.3 Å². The van der Waals surface area contributed by atoms with Crippen molar-refractivity contribution in [2.24, 2.45) is 5.92 Å². The number of alkyl halides is 3. The minimum atomic E-state index is -4.79. The molecule has 34 heavy (non-hydrogen) atoms. The molecule has 0 N–H and O–H groups in total. The van der Waals surface area contributed by atoms with Gasteiger partial charge in [0.25, 0.3) is 5.56 Å². The predicted molar refractivity (Wildman–Crippen MR) is 119 cm³/mol. The van der Waals surface area contributed by atoms with Crippen LogP contribution in [0.1, 0.15) is 18.0 Å². The zero-order valence-corrected chi connectivity index (χ0v) is 18.7. The maximum absolute atomic E-state index is 13.3. The van der Waals surface area contributed by atoms with Crippen LogP contribution in [0, 0.1) is 5.92 Å². The molecule has 2 aliphatic heterocycles. The third kappa shape index (κ3) is 4.23. The quantitative estimate of drug-likeness (QED) is 0.549. The van der Waals surface area contributed by atoms with E-state index in [4.69, 9.17) is 0 Å². The van der Waals surface area contributed by atoms with Gasteiger partial charge in [-0.15, -0.1) is 13.2 Å². The van der Waals surface area contributed by atoms with Gasteiger partial charge in [-0.1, -0.05) is 30.3 Å². The second-order valence-corrected chi connectivity index (χ2v) is 10.5. The minimum Gasteiger partial charge on any atom is -0.406 e. The highest BCUT2D eigenvalue weighted by molar-refractivity contribution is 7.89. The fourth-order valence-corrected chi connectivity index (χ4v) is 6.57. The van der Waals surface area contributed by atoms with E-state index in [0.29, 0.717) is 29.9 Å². The number of benzene rings is 2. The van der Waals surface area contributed by atoms with Gasteiger partial charge in [-0.3, -0.25) is 4.79 Å². The van der Waals surface area contributed by atoms with Crippen molar-refractivity contribution in [2.45, 2.75) is 30.1 Å². The van der Waals surface area contributed by atoms with Gasteiger partial charge in [-0.25, -0.2) is 8.42 Å². The SMILES string of the molecule is O=c1ccc(-c2ccc(OC(F)(F)F)cc2)c2n1CC1CC2CN(S(=O)(=O)c2ccccc2)C1. The fourth-order valence-electron chi connectivity index (χ4n) is 4.99. The highest BCUT2D eigenvalue weighted by Crippen LogP contribution is 2.41. The Hall–Kier alpha value is -3.11. The summed E-state index contributed by atoms with van der Waals surface area (Å²) in [4.78, 5) is 12.9. The first-order chi connectivity index (χ1) is 16.1. The van der Waals surface area contributed by atoms with E-state index in [1.165, 1.54) is 34.6 Å². The van der Waals surface area contributed by atoms with Crippen LogP contribution >= 0.6 is 0 Å². The van der Waals surface area contributed by atoms with E-state index in [1.807, 2.05) is 0 Å². The van der Waals surface area contributed by atoms with Crippen LogP contribution in [0.2, 0.25) is 0 Å². The first-order valence-corrected chi connectivity index (χ1v) is 12.2. The molecule has 2 aliphatic rings. The molecule has 3 heterocycles. The molecule has 1 fully saturated rings. The maximum atomic E-state index is 13.3. The zero-order valence-electron chi connectivity index (χ0n) is 17.9. The lowest BCUT2D eigenvalue weighted by Gasteiger charge is -2.42. The van der Waals surface area contributed by atoms with Gasteiger partial charge in [0.05, 0.1) is 4.90 Å². The van der Waals surface area contributed by atoms with Crippen LogP contribution in [-0.2, 0) is 16.6 Å². The Bertz CT molecular complexity index is 1370. The average molecular weight is 491 g/mol. The molecule has 0 radical (unpaired) electrons. The lowest BCUT2D eigenvalue weighted by molar-refractivity contribution is -0.274. The molecule has 1 aromatic heterocycles. The number of ether oxygens (including phenoxy) is 1. The standard InChI is InChI=1S/C24H21F3N2O4S/c25-24(26,27)33-19-8-6-17(7-9-19)21-10-11-22(30)29-14-16-12-18(23(21)29)15-28(13-16)34(31,32)20-4-2-1-3-5-20/h1-11,16,18H,12-15H2. The molecule has 3 aromatic rings. The molecule has 178 valence electrons. The molecule has 2 atom stereocenters. The molecule has 2 bridgehead atoms. The van der Waals surface area contributed by atoms with Crippen LogP contribution in [0.15, 0.2) is 76.4 Å². The number of piperidine rings is 1. The van der Waals surface area contributed by atoms with E-state index in [2.05, 4.69) is 4.74 Å². The number of hydrogen-bond acceptors (Lipinski definition) is 4. The van der Waals surface area contributed by atoms with Crippen LogP contribution in [-0.4, -0.2) is 36.7 Å². The molecule has 5 rings (SSSR count). The third-order valence-corrected chi connectivity index (χ3v) is 8.18. The molecule has 0 saturated carbocycles. The molecule has 0 amide bonds. The number of fused-ring (bicyclic) bond motifs is 4. The van der Waals surface area contributed by atoms with E-state index in [-0.39, 0.29) is 34.6 Å². The largest absolute Gasteiger partial charge is 0.573 e. The Kier molecular flexibility index (Phi) is 5.52. The first-order valence-electron chi connectivity index (χ1n) is 10.8. The highest BCUT2D eigenvalue weighted by Gasteiger charge is 2.40.